The van der Waals surface area contributed by atoms with Crippen molar-refractivity contribution in [2.75, 3.05) is 26.2 Å². The third kappa shape index (κ3) is 3.37. The van der Waals surface area contributed by atoms with Crippen LogP contribution in [0, 0.1) is 0 Å². The lowest BCUT2D eigenvalue weighted by atomic mass is 9.95. The van der Waals surface area contributed by atoms with Gasteiger partial charge in [-0.2, -0.15) is 0 Å². The van der Waals surface area contributed by atoms with Crippen molar-refractivity contribution in [1.82, 2.24) is 0 Å². The first-order valence-electron chi connectivity index (χ1n) is 9.50. The summed E-state index contributed by atoms with van der Waals surface area (Å²) in [6, 6.07) is 18.6. The van der Waals surface area contributed by atoms with Gasteiger partial charge < -0.3 is 14.3 Å². The number of rotatable bonds is 2. The first-order chi connectivity index (χ1) is 12.1. The van der Waals surface area contributed by atoms with E-state index in [4.69, 9.17) is 4.74 Å². The molecule has 132 valence electrons. The molecule has 2 heterocycles. The lowest BCUT2D eigenvalue weighted by Crippen LogP contribution is -2.65. The summed E-state index contributed by atoms with van der Waals surface area (Å²) in [5.41, 5.74) is 3.24. The van der Waals surface area contributed by atoms with Crippen LogP contribution in [0.3, 0.4) is 0 Å². The molecule has 4 rings (SSSR count). The Kier molecular flexibility index (Phi) is 4.40. The van der Waals surface area contributed by atoms with E-state index in [1.54, 1.807) is 0 Å². The van der Waals surface area contributed by atoms with Crippen molar-refractivity contribution in [2.24, 2.45) is 0 Å². The molecule has 2 saturated heterocycles. The van der Waals surface area contributed by atoms with Crippen LogP contribution in [-0.2, 0) is 10.5 Å². The topological polar surface area (TPSA) is 29.5 Å². The van der Waals surface area contributed by atoms with Crippen LogP contribution in [0.2, 0.25) is 0 Å². The fraction of sp³-hybridized carbons (Fsp3) is 0.455. The van der Waals surface area contributed by atoms with Gasteiger partial charge in [-0.05, 0) is 37.3 Å². The summed E-state index contributed by atoms with van der Waals surface area (Å²) in [7, 11) is 0. The average Bonchev–Trinajstić information content (AvgIpc) is 2.62. The molecule has 1 N–H and O–H groups in total. The van der Waals surface area contributed by atoms with E-state index in [1.807, 2.05) is 30.3 Å². The predicted octanol–water partition coefficient (Wildman–Crippen LogP) is 3.92. The van der Waals surface area contributed by atoms with Crippen molar-refractivity contribution in [3.8, 4) is 11.1 Å². The van der Waals surface area contributed by atoms with Crippen molar-refractivity contribution < 1.29 is 14.3 Å². The van der Waals surface area contributed by atoms with Gasteiger partial charge in [0.2, 0.25) is 5.79 Å². The van der Waals surface area contributed by atoms with Crippen LogP contribution in [0.15, 0.2) is 54.6 Å². The Morgan fingerprint density at radius 3 is 2.24 bits per heavy atom. The first kappa shape index (κ1) is 16.8. The molecule has 0 saturated carbocycles. The van der Waals surface area contributed by atoms with E-state index < -0.39 is 5.79 Å². The number of piperidine rings is 1. The number of nitrogens with zero attached hydrogens (tertiary/aromatic N) is 1. The molecule has 0 unspecified atom stereocenters. The molecule has 0 aliphatic carbocycles. The highest BCUT2D eigenvalue weighted by atomic mass is 16.6. The number of morpholine rings is 1. The molecular weight excluding hydrogens is 310 g/mol. The van der Waals surface area contributed by atoms with Crippen LogP contribution in [-0.4, -0.2) is 41.9 Å². The fourth-order valence-corrected chi connectivity index (χ4v) is 4.71. The van der Waals surface area contributed by atoms with E-state index >= 15 is 0 Å². The molecule has 1 spiro atoms. The SMILES string of the molecule is C[C@@H]1C[N+]2(CCCCC2)C[C@@](O)(c2ccc(-c3ccccc3)cc2)O1. The Bertz CT molecular complexity index is 707. The number of benzene rings is 2. The first-order valence-corrected chi connectivity index (χ1v) is 9.50. The Morgan fingerprint density at radius 1 is 0.920 bits per heavy atom. The zero-order valence-corrected chi connectivity index (χ0v) is 15.0. The summed E-state index contributed by atoms with van der Waals surface area (Å²) in [6.45, 7) is 6.11. The van der Waals surface area contributed by atoms with Gasteiger partial charge >= 0.3 is 0 Å². The zero-order valence-electron chi connectivity index (χ0n) is 15.0. The molecule has 0 bridgehead atoms. The van der Waals surface area contributed by atoms with Crippen molar-refractivity contribution in [1.29, 1.82) is 0 Å². The molecule has 3 heteroatoms. The Labute approximate surface area is 150 Å². The molecule has 0 aromatic heterocycles. The Morgan fingerprint density at radius 2 is 1.56 bits per heavy atom. The van der Waals surface area contributed by atoms with Gasteiger partial charge in [0.1, 0.15) is 19.2 Å². The molecule has 25 heavy (non-hydrogen) atoms. The van der Waals surface area contributed by atoms with E-state index in [1.165, 1.54) is 30.4 Å². The van der Waals surface area contributed by atoms with E-state index in [-0.39, 0.29) is 6.10 Å². The summed E-state index contributed by atoms with van der Waals surface area (Å²) in [5.74, 6) is -1.18. The van der Waals surface area contributed by atoms with Crippen molar-refractivity contribution in [3.63, 3.8) is 0 Å². The van der Waals surface area contributed by atoms with Crippen LogP contribution in [0.5, 0.6) is 0 Å². The van der Waals surface area contributed by atoms with E-state index in [9.17, 15) is 5.11 Å². The lowest BCUT2D eigenvalue weighted by Gasteiger charge is -2.51. The van der Waals surface area contributed by atoms with Crippen molar-refractivity contribution >= 4 is 0 Å². The van der Waals surface area contributed by atoms with Gasteiger partial charge in [0.15, 0.2) is 0 Å². The smallest absolute Gasteiger partial charge is 0.244 e. The second-order valence-corrected chi connectivity index (χ2v) is 7.85. The molecule has 2 fully saturated rings. The minimum Gasteiger partial charge on any atom is -0.357 e. The maximum absolute atomic E-state index is 11.4. The molecule has 2 aliphatic rings. The predicted molar refractivity (Wildman–Crippen MR) is 99.9 cm³/mol. The molecule has 3 nitrogen and oxygen atoms in total. The highest BCUT2D eigenvalue weighted by Crippen LogP contribution is 2.36. The highest BCUT2D eigenvalue weighted by molar-refractivity contribution is 5.63. The number of hydrogen-bond donors (Lipinski definition) is 1. The molecule has 0 radical (unpaired) electrons. The maximum atomic E-state index is 11.4. The summed E-state index contributed by atoms with van der Waals surface area (Å²) < 4.78 is 7.07. The van der Waals surface area contributed by atoms with Gasteiger partial charge in [-0.25, -0.2) is 0 Å². The third-order valence-electron chi connectivity index (χ3n) is 5.80. The number of quaternary nitrogens is 1. The summed E-state index contributed by atoms with van der Waals surface area (Å²) in [6.07, 6.45) is 3.91. The van der Waals surface area contributed by atoms with E-state index in [0.717, 1.165) is 29.7 Å². The fourth-order valence-electron chi connectivity index (χ4n) is 4.71. The lowest BCUT2D eigenvalue weighted by molar-refractivity contribution is -0.955. The van der Waals surface area contributed by atoms with E-state index in [2.05, 4.69) is 31.2 Å². The van der Waals surface area contributed by atoms with Gasteiger partial charge in [0.05, 0.1) is 13.1 Å². The normalized spacial score (nSPS) is 28.8. The van der Waals surface area contributed by atoms with Crippen LogP contribution < -0.4 is 0 Å². The summed E-state index contributed by atoms with van der Waals surface area (Å²) >= 11 is 0. The Balaban J connectivity index is 1.61. The standard InChI is InChI=1S/C22H28NO2/c1-18-16-23(14-6-3-7-15-23)17-22(24,25-18)21-12-10-20(11-13-21)19-8-4-2-5-9-19/h2,4-5,8-13,18,24H,3,6-7,14-17H2,1H3/q+1/t18-,22+/m1/s1. The largest absolute Gasteiger partial charge is 0.357 e. The minimum atomic E-state index is -1.18. The van der Waals surface area contributed by atoms with Crippen LogP contribution in [0.4, 0.5) is 0 Å². The van der Waals surface area contributed by atoms with Gasteiger partial charge in [-0.1, -0.05) is 54.6 Å². The zero-order chi connectivity index (χ0) is 17.3. The summed E-state index contributed by atoms with van der Waals surface area (Å²) in [5, 5.41) is 11.4. The third-order valence-corrected chi connectivity index (χ3v) is 5.80. The van der Waals surface area contributed by atoms with Gasteiger partial charge in [0.25, 0.3) is 0 Å². The monoisotopic (exact) mass is 338 g/mol. The van der Waals surface area contributed by atoms with Crippen LogP contribution in [0.1, 0.15) is 31.7 Å². The quantitative estimate of drug-likeness (QED) is 0.841. The van der Waals surface area contributed by atoms with Crippen LogP contribution >= 0.6 is 0 Å². The van der Waals surface area contributed by atoms with Crippen LogP contribution in [0.25, 0.3) is 11.1 Å². The molecule has 0 amide bonds. The van der Waals surface area contributed by atoms with Gasteiger partial charge in [-0.15, -0.1) is 0 Å². The Hall–Kier alpha value is -1.68. The van der Waals surface area contributed by atoms with Gasteiger partial charge in [-0.3, -0.25) is 0 Å². The number of hydrogen-bond acceptors (Lipinski definition) is 2. The number of ether oxygens (including phenoxy) is 1. The van der Waals surface area contributed by atoms with Gasteiger partial charge in [0, 0.05) is 5.56 Å². The maximum Gasteiger partial charge on any atom is 0.244 e. The van der Waals surface area contributed by atoms with E-state index in [0.29, 0.717) is 6.54 Å². The molecule has 2 aliphatic heterocycles. The van der Waals surface area contributed by atoms with Crippen molar-refractivity contribution in [2.45, 2.75) is 38.1 Å². The molecule has 2 atom stereocenters. The number of aliphatic hydroxyl groups is 1. The second kappa shape index (κ2) is 6.56. The second-order valence-electron chi connectivity index (χ2n) is 7.85. The average molecular weight is 338 g/mol. The highest BCUT2D eigenvalue weighted by Gasteiger charge is 2.49. The minimum absolute atomic E-state index is 0.0747. The molecule has 2 aromatic carbocycles. The van der Waals surface area contributed by atoms with Crippen molar-refractivity contribution in [3.05, 3.63) is 60.2 Å². The molecule has 2 aromatic rings. The summed E-state index contributed by atoms with van der Waals surface area (Å²) in [4.78, 5) is 0. The molecular formula is C22H28NO2+.